The summed E-state index contributed by atoms with van der Waals surface area (Å²) in [6.45, 7) is 0. The van der Waals surface area contributed by atoms with Gasteiger partial charge in [0.1, 0.15) is 11.0 Å². The van der Waals surface area contributed by atoms with Gasteiger partial charge in [-0.2, -0.15) is 5.10 Å². The predicted octanol–water partition coefficient (Wildman–Crippen LogP) is 2.08. The quantitative estimate of drug-likeness (QED) is 0.686. The Morgan fingerprint density at radius 2 is 2.12 bits per heavy atom. The summed E-state index contributed by atoms with van der Waals surface area (Å²) in [5.74, 6) is -0.494. The van der Waals surface area contributed by atoms with Gasteiger partial charge in [0.2, 0.25) is 0 Å². The van der Waals surface area contributed by atoms with E-state index in [1.54, 1.807) is 18.2 Å². The molecular formula is C10H5BrFN3O. The molecule has 0 unspecified atom stereocenters. The molecule has 2 heterocycles. The van der Waals surface area contributed by atoms with Crippen molar-refractivity contribution in [3.63, 3.8) is 0 Å². The Bertz CT molecular complexity index is 762. The highest BCUT2D eigenvalue weighted by atomic mass is 79.9. The van der Waals surface area contributed by atoms with Crippen molar-refractivity contribution in [1.82, 2.24) is 14.6 Å². The second-order valence-electron chi connectivity index (χ2n) is 3.34. The van der Waals surface area contributed by atoms with Crippen LogP contribution >= 0.6 is 15.9 Å². The summed E-state index contributed by atoms with van der Waals surface area (Å²) >= 11 is 3.07. The van der Waals surface area contributed by atoms with Crippen molar-refractivity contribution >= 4 is 32.5 Å². The number of rotatable bonds is 0. The van der Waals surface area contributed by atoms with E-state index < -0.39 is 5.82 Å². The number of hydrogen-bond donors (Lipinski definition) is 1. The van der Waals surface area contributed by atoms with Crippen molar-refractivity contribution in [3.8, 4) is 0 Å². The van der Waals surface area contributed by atoms with Crippen LogP contribution in [-0.4, -0.2) is 14.6 Å². The third kappa shape index (κ3) is 1.13. The van der Waals surface area contributed by atoms with E-state index >= 15 is 0 Å². The number of H-pyrrole nitrogens is 1. The Morgan fingerprint density at radius 1 is 1.31 bits per heavy atom. The molecule has 3 rings (SSSR count). The highest BCUT2D eigenvalue weighted by Crippen LogP contribution is 2.22. The topological polar surface area (TPSA) is 50.2 Å². The molecule has 4 nitrogen and oxygen atoms in total. The molecule has 0 saturated carbocycles. The SMILES string of the molecule is O=c1[nH]c2c(F)c(Br)ccc2n2nccc12. The van der Waals surface area contributed by atoms with Gasteiger partial charge in [-0.25, -0.2) is 8.91 Å². The van der Waals surface area contributed by atoms with Crippen LogP contribution in [0.4, 0.5) is 4.39 Å². The van der Waals surface area contributed by atoms with Crippen molar-refractivity contribution in [2.75, 3.05) is 0 Å². The van der Waals surface area contributed by atoms with Crippen LogP contribution in [-0.2, 0) is 0 Å². The van der Waals surface area contributed by atoms with Gasteiger partial charge >= 0.3 is 0 Å². The van der Waals surface area contributed by atoms with Gasteiger partial charge in [0.05, 0.1) is 16.2 Å². The lowest BCUT2D eigenvalue weighted by Gasteiger charge is -2.03. The summed E-state index contributed by atoms with van der Waals surface area (Å²) in [4.78, 5) is 14.1. The minimum absolute atomic E-state index is 0.149. The van der Waals surface area contributed by atoms with Crippen LogP contribution in [0.2, 0.25) is 0 Å². The van der Waals surface area contributed by atoms with Crippen LogP contribution in [0.3, 0.4) is 0 Å². The first kappa shape index (κ1) is 9.53. The normalized spacial score (nSPS) is 11.4. The second kappa shape index (κ2) is 3.15. The summed E-state index contributed by atoms with van der Waals surface area (Å²) in [7, 11) is 0. The number of aromatic amines is 1. The molecule has 80 valence electrons. The van der Waals surface area contributed by atoms with E-state index in [-0.39, 0.29) is 11.1 Å². The standard InChI is InChI=1S/C10H5BrFN3O/c11-5-1-2-6-9(8(5)12)14-10(16)7-3-4-13-15(6)7/h1-4H,(H,14,16). The minimum Gasteiger partial charge on any atom is -0.316 e. The Morgan fingerprint density at radius 3 is 2.94 bits per heavy atom. The van der Waals surface area contributed by atoms with Crippen LogP contribution in [0.15, 0.2) is 33.7 Å². The molecule has 0 spiro atoms. The van der Waals surface area contributed by atoms with Crippen molar-refractivity contribution in [1.29, 1.82) is 0 Å². The Labute approximate surface area is 96.8 Å². The fourth-order valence-electron chi connectivity index (χ4n) is 1.68. The predicted molar refractivity (Wildman–Crippen MR) is 61.0 cm³/mol. The van der Waals surface area contributed by atoms with Gasteiger partial charge in [-0.05, 0) is 34.1 Å². The second-order valence-corrected chi connectivity index (χ2v) is 4.19. The van der Waals surface area contributed by atoms with Crippen LogP contribution in [0.25, 0.3) is 16.6 Å². The van der Waals surface area contributed by atoms with Gasteiger partial charge in [-0.1, -0.05) is 0 Å². The van der Waals surface area contributed by atoms with Crippen molar-refractivity contribution in [2.45, 2.75) is 0 Å². The molecule has 0 fully saturated rings. The first-order chi connectivity index (χ1) is 7.68. The van der Waals surface area contributed by atoms with Crippen molar-refractivity contribution in [2.24, 2.45) is 0 Å². The molecule has 0 radical (unpaired) electrons. The van der Waals surface area contributed by atoms with Gasteiger partial charge in [0.25, 0.3) is 5.56 Å². The van der Waals surface area contributed by atoms with Gasteiger partial charge in [0.15, 0.2) is 5.82 Å². The lowest BCUT2D eigenvalue weighted by atomic mass is 10.3. The molecule has 0 bridgehead atoms. The number of fused-ring (bicyclic) bond motifs is 3. The fraction of sp³-hybridized carbons (Fsp3) is 0. The van der Waals surface area contributed by atoms with Gasteiger partial charge in [0, 0.05) is 0 Å². The van der Waals surface area contributed by atoms with Crippen LogP contribution in [0.1, 0.15) is 0 Å². The van der Waals surface area contributed by atoms with Gasteiger partial charge in [-0.3, -0.25) is 4.79 Å². The molecule has 0 aliphatic rings. The number of nitrogens with zero attached hydrogens (tertiary/aromatic N) is 2. The molecule has 0 atom stereocenters. The van der Waals surface area contributed by atoms with E-state index in [0.717, 1.165) is 0 Å². The zero-order chi connectivity index (χ0) is 11.3. The molecule has 0 saturated heterocycles. The van der Waals surface area contributed by atoms with E-state index in [9.17, 15) is 9.18 Å². The highest BCUT2D eigenvalue weighted by Gasteiger charge is 2.11. The Balaban J connectivity index is 2.68. The van der Waals surface area contributed by atoms with Crippen LogP contribution < -0.4 is 5.56 Å². The summed E-state index contributed by atoms with van der Waals surface area (Å²) in [6.07, 6.45) is 1.50. The average molecular weight is 282 g/mol. The van der Waals surface area contributed by atoms with E-state index in [1.807, 2.05) is 0 Å². The van der Waals surface area contributed by atoms with Crippen molar-refractivity contribution in [3.05, 3.63) is 45.0 Å². The van der Waals surface area contributed by atoms with E-state index in [1.165, 1.54) is 10.7 Å². The first-order valence-electron chi connectivity index (χ1n) is 4.52. The minimum atomic E-state index is -0.494. The smallest absolute Gasteiger partial charge is 0.274 e. The molecule has 0 aliphatic heterocycles. The van der Waals surface area contributed by atoms with Gasteiger partial charge in [-0.15, -0.1) is 0 Å². The molecule has 2 aromatic heterocycles. The first-order valence-corrected chi connectivity index (χ1v) is 5.31. The maximum Gasteiger partial charge on any atom is 0.274 e. The maximum atomic E-state index is 13.8. The van der Waals surface area contributed by atoms with Gasteiger partial charge < -0.3 is 4.98 Å². The third-order valence-corrected chi connectivity index (χ3v) is 3.03. The summed E-state index contributed by atoms with van der Waals surface area (Å²) < 4.78 is 15.5. The number of benzene rings is 1. The number of nitrogens with one attached hydrogen (secondary N) is 1. The lowest BCUT2D eigenvalue weighted by molar-refractivity contribution is 0.629. The van der Waals surface area contributed by atoms with Crippen LogP contribution in [0, 0.1) is 5.82 Å². The maximum absolute atomic E-state index is 13.8. The zero-order valence-corrected chi connectivity index (χ0v) is 9.45. The summed E-state index contributed by atoms with van der Waals surface area (Å²) in [5, 5.41) is 3.99. The zero-order valence-electron chi connectivity index (χ0n) is 7.87. The number of hydrogen-bond acceptors (Lipinski definition) is 2. The molecule has 0 aliphatic carbocycles. The largest absolute Gasteiger partial charge is 0.316 e. The van der Waals surface area contributed by atoms with Crippen molar-refractivity contribution < 1.29 is 4.39 Å². The van der Waals surface area contributed by atoms with E-state index in [0.29, 0.717) is 15.5 Å². The molecule has 16 heavy (non-hydrogen) atoms. The van der Waals surface area contributed by atoms with Crippen LogP contribution in [0.5, 0.6) is 0 Å². The number of aromatic nitrogens is 3. The Kier molecular flexibility index (Phi) is 1.88. The lowest BCUT2D eigenvalue weighted by Crippen LogP contribution is -2.11. The summed E-state index contributed by atoms with van der Waals surface area (Å²) in [6, 6.07) is 4.85. The van der Waals surface area contributed by atoms with E-state index in [2.05, 4.69) is 26.0 Å². The molecular weight excluding hydrogens is 277 g/mol. The van der Waals surface area contributed by atoms with E-state index in [4.69, 9.17) is 0 Å². The molecule has 3 aromatic rings. The third-order valence-electron chi connectivity index (χ3n) is 2.41. The average Bonchev–Trinajstić information content (AvgIpc) is 2.74. The highest BCUT2D eigenvalue weighted by molar-refractivity contribution is 9.10. The fourth-order valence-corrected chi connectivity index (χ4v) is 2.01. The summed E-state index contributed by atoms with van der Waals surface area (Å²) in [5.41, 5.74) is 0.715. The monoisotopic (exact) mass is 281 g/mol. The molecule has 1 N–H and O–H groups in total. The Hall–Kier alpha value is -1.69. The molecule has 6 heteroatoms. The molecule has 0 amide bonds. The number of halogens is 2. The molecule has 1 aromatic carbocycles.